The molecule has 0 radical (unpaired) electrons. The third-order valence-corrected chi connectivity index (χ3v) is 9.77. The van der Waals surface area contributed by atoms with Crippen LogP contribution in [0.1, 0.15) is 88.6 Å². The van der Waals surface area contributed by atoms with Crippen LogP contribution in [0.25, 0.3) is 0 Å². The zero-order chi connectivity index (χ0) is 41.6. The van der Waals surface area contributed by atoms with Crippen molar-refractivity contribution in [3.63, 3.8) is 0 Å². The number of unbranched alkanes of at least 4 members (excludes halogenated alkanes) is 1. The lowest BCUT2D eigenvalue weighted by Crippen LogP contribution is -2.61. The Morgan fingerprint density at radius 3 is 2.27 bits per heavy atom. The molecule has 3 unspecified atom stereocenters. The summed E-state index contributed by atoms with van der Waals surface area (Å²) in [5, 5.41) is 39.5. The maximum Gasteiger partial charge on any atom is 0.329 e. The van der Waals surface area contributed by atoms with E-state index in [9.17, 15) is 39.6 Å². The lowest BCUT2D eigenvalue weighted by Gasteiger charge is -2.41. The van der Waals surface area contributed by atoms with Gasteiger partial charge < -0.3 is 49.8 Å². The van der Waals surface area contributed by atoms with Gasteiger partial charge in [0, 0.05) is 32.3 Å². The molecule has 16 nitrogen and oxygen atoms in total. The van der Waals surface area contributed by atoms with Gasteiger partial charge in [0.1, 0.15) is 29.1 Å². The van der Waals surface area contributed by atoms with Gasteiger partial charge >= 0.3 is 23.9 Å². The first kappa shape index (κ1) is 46.1. The molecule has 0 bridgehead atoms. The number of rotatable bonds is 22. The topological polar surface area (TPSA) is 259 Å². The standard InChI is InChI=1S/C38H53ClFN3O13/c1-4-6-15-52-29-20-53-34(56-36(51)37(3,43-42)19-25(40)23-12-14-27(45)28(46)17-23)33(32(29)54-30(47)8-5-2)55-31(48)10-7-9-24-16-22(11-13-26(24)44)18-38(41,21-39)35(49)50/h11-14,16-17,25,29,32-34,43-46H,4-10,15,18-21,41-42H2,1-3H3,(H,49,50)/t25?,29-,32+,33-,34?,37+,38?/m1/s1. The molecule has 1 fully saturated rings. The van der Waals surface area contributed by atoms with Crippen molar-refractivity contribution in [1.29, 1.82) is 0 Å². The zero-order valence-electron chi connectivity index (χ0n) is 31.7. The van der Waals surface area contributed by atoms with E-state index in [0.717, 1.165) is 18.6 Å². The third kappa shape index (κ3) is 12.6. The molecule has 312 valence electrons. The molecule has 0 aliphatic carbocycles. The highest BCUT2D eigenvalue weighted by Crippen LogP contribution is 2.35. The first-order chi connectivity index (χ1) is 26.5. The maximum atomic E-state index is 15.5. The van der Waals surface area contributed by atoms with Crippen molar-refractivity contribution >= 4 is 35.5 Å². The van der Waals surface area contributed by atoms with Gasteiger partial charge in [0.15, 0.2) is 17.6 Å². The van der Waals surface area contributed by atoms with Crippen molar-refractivity contribution < 1.29 is 67.7 Å². The van der Waals surface area contributed by atoms with E-state index in [1.165, 1.54) is 25.1 Å². The maximum absolute atomic E-state index is 15.5. The number of carboxylic acid groups (broad SMARTS) is 1. The SMILES string of the molecule is CCCCO[C@@H]1COC(OC(=O)[C@](C)(CC(F)c2ccc(O)c(O)c2)NN)[C@H](OC(=O)CCCc2cc(CC(N)(CCl)C(=O)O)ccc2O)[C@H]1OC(=O)CCC. The molecule has 1 aliphatic heterocycles. The zero-order valence-corrected chi connectivity index (χ0v) is 32.5. The van der Waals surface area contributed by atoms with E-state index in [1.54, 1.807) is 13.0 Å². The van der Waals surface area contributed by atoms with Crippen LogP contribution in [0, 0.1) is 0 Å². The Hall–Kier alpha value is -4.26. The molecule has 1 aliphatic rings. The number of halogens is 2. The average molecular weight is 814 g/mol. The number of ether oxygens (including phenoxy) is 5. The number of hydrogen-bond donors (Lipinski definition) is 7. The quantitative estimate of drug-likeness (QED) is 0.0170. The van der Waals surface area contributed by atoms with Crippen molar-refractivity contribution in [2.24, 2.45) is 11.6 Å². The Balaban J connectivity index is 1.84. The van der Waals surface area contributed by atoms with Crippen LogP contribution in [-0.4, -0.2) is 99.1 Å². The molecule has 7 atom stereocenters. The van der Waals surface area contributed by atoms with Gasteiger partial charge in [-0.05, 0) is 67.5 Å². The summed E-state index contributed by atoms with van der Waals surface area (Å²) in [6.07, 6.45) is -6.10. The lowest BCUT2D eigenvalue weighted by atomic mass is 9.92. The fraction of sp³-hybridized carbons (Fsp3) is 0.579. The van der Waals surface area contributed by atoms with Gasteiger partial charge in [0.25, 0.3) is 0 Å². The predicted molar refractivity (Wildman–Crippen MR) is 199 cm³/mol. The molecule has 0 spiro atoms. The summed E-state index contributed by atoms with van der Waals surface area (Å²) in [6, 6.07) is 7.78. The minimum absolute atomic E-state index is 0.0230. The van der Waals surface area contributed by atoms with Gasteiger partial charge in [-0.3, -0.25) is 20.2 Å². The number of esters is 3. The number of phenolic OH excluding ortho intramolecular Hbond substituents is 3. The second-order valence-electron chi connectivity index (χ2n) is 14.0. The van der Waals surface area contributed by atoms with Gasteiger partial charge in [-0.1, -0.05) is 38.5 Å². The summed E-state index contributed by atoms with van der Waals surface area (Å²) in [4.78, 5) is 51.6. The molecule has 2 aromatic carbocycles. The minimum atomic E-state index is -1.91. The number of carboxylic acids is 1. The highest BCUT2D eigenvalue weighted by atomic mass is 35.5. The molecule has 0 aromatic heterocycles. The molecule has 9 N–H and O–H groups in total. The van der Waals surface area contributed by atoms with Crippen molar-refractivity contribution in [1.82, 2.24) is 5.43 Å². The second kappa shape index (κ2) is 21.3. The van der Waals surface area contributed by atoms with Gasteiger partial charge in [0.05, 0.1) is 12.5 Å². The number of hydrazine groups is 1. The van der Waals surface area contributed by atoms with E-state index in [0.29, 0.717) is 24.0 Å². The molecular weight excluding hydrogens is 761 g/mol. The van der Waals surface area contributed by atoms with Crippen LogP contribution in [0.3, 0.4) is 0 Å². The first-order valence-corrected chi connectivity index (χ1v) is 18.9. The number of alkyl halides is 2. The molecule has 18 heteroatoms. The summed E-state index contributed by atoms with van der Waals surface area (Å²) in [7, 11) is 0. The van der Waals surface area contributed by atoms with Crippen LogP contribution in [-0.2, 0) is 55.7 Å². The van der Waals surface area contributed by atoms with Crippen molar-refractivity contribution in [2.45, 2.75) is 120 Å². The monoisotopic (exact) mass is 813 g/mol. The average Bonchev–Trinajstić information content (AvgIpc) is 3.15. The van der Waals surface area contributed by atoms with Crippen LogP contribution < -0.4 is 17.0 Å². The predicted octanol–water partition coefficient (Wildman–Crippen LogP) is 3.72. The van der Waals surface area contributed by atoms with E-state index < -0.39 is 83.6 Å². The van der Waals surface area contributed by atoms with Gasteiger partial charge in [-0.15, -0.1) is 11.6 Å². The Morgan fingerprint density at radius 1 is 0.964 bits per heavy atom. The van der Waals surface area contributed by atoms with E-state index in [4.69, 9.17) is 46.9 Å². The lowest BCUT2D eigenvalue weighted by molar-refractivity contribution is -0.280. The molecule has 56 heavy (non-hydrogen) atoms. The van der Waals surface area contributed by atoms with Crippen LogP contribution >= 0.6 is 11.6 Å². The summed E-state index contributed by atoms with van der Waals surface area (Å²) >= 11 is 5.82. The highest BCUT2D eigenvalue weighted by Gasteiger charge is 2.50. The highest BCUT2D eigenvalue weighted by molar-refractivity contribution is 6.20. The molecule has 0 amide bonds. The summed E-state index contributed by atoms with van der Waals surface area (Å²) < 4.78 is 44.6. The number of aliphatic carboxylic acids is 1. The Morgan fingerprint density at radius 2 is 1.64 bits per heavy atom. The largest absolute Gasteiger partial charge is 0.508 e. The van der Waals surface area contributed by atoms with Crippen LogP contribution in [0.15, 0.2) is 36.4 Å². The number of phenols is 3. The number of nitrogens with two attached hydrogens (primary N) is 2. The van der Waals surface area contributed by atoms with Crippen molar-refractivity contribution in [3.05, 3.63) is 53.1 Å². The summed E-state index contributed by atoms with van der Waals surface area (Å²) in [6.45, 7) is 4.99. The molecule has 1 saturated heterocycles. The molecule has 2 aromatic rings. The Bertz CT molecular complexity index is 1650. The first-order valence-electron chi connectivity index (χ1n) is 18.4. The Kier molecular flexibility index (Phi) is 17.6. The number of hydrogen-bond acceptors (Lipinski definition) is 15. The van der Waals surface area contributed by atoms with Gasteiger partial charge in [-0.25, -0.2) is 14.6 Å². The van der Waals surface area contributed by atoms with Gasteiger partial charge in [-0.2, -0.15) is 0 Å². The number of aryl methyl sites for hydroxylation is 1. The van der Waals surface area contributed by atoms with Crippen molar-refractivity contribution in [2.75, 3.05) is 19.1 Å². The number of carbonyl (C=O) groups excluding carboxylic acids is 3. The molecule has 1 heterocycles. The van der Waals surface area contributed by atoms with E-state index >= 15 is 4.39 Å². The fourth-order valence-electron chi connectivity index (χ4n) is 5.82. The minimum Gasteiger partial charge on any atom is -0.508 e. The van der Waals surface area contributed by atoms with Gasteiger partial charge in [0.2, 0.25) is 12.4 Å². The normalized spacial score (nSPS) is 20.9. The second-order valence-corrected chi connectivity index (χ2v) is 14.3. The number of carbonyl (C=O) groups is 4. The number of aromatic hydroxyl groups is 3. The van der Waals surface area contributed by atoms with Crippen molar-refractivity contribution in [3.8, 4) is 17.2 Å². The molecule has 3 rings (SSSR count). The molecular formula is C38H53ClFN3O13. The molecule has 0 saturated carbocycles. The van der Waals surface area contributed by atoms with Crippen LogP contribution in [0.4, 0.5) is 4.39 Å². The van der Waals surface area contributed by atoms with Crippen LogP contribution in [0.5, 0.6) is 17.2 Å². The fourth-order valence-corrected chi connectivity index (χ4v) is 6.03. The Labute approximate surface area is 329 Å². The number of nitrogens with one attached hydrogen (secondary N) is 1. The summed E-state index contributed by atoms with van der Waals surface area (Å²) in [5.41, 5.74) is 5.40. The van der Waals surface area contributed by atoms with E-state index in [2.05, 4.69) is 5.43 Å². The summed E-state index contributed by atoms with van der Waals surface area (Å²) in [5.74, 6) is 0.389. The number of benzene rings is 2. The smallest absolute Gasteiger partial charge is 0.329 e. The van der Waals surface area contributed by atoms with E-state index in [-0.39, 0.29) is 62.5 Å². The van der Waals surface area contributed by atoms with Crippen LogP contribution in [0.2, 0.25) is 0 Å². The van der Waals surface area contributed by atoms with E-state index in [1.807, 2.05) is 6.92 Å². The third-order valence-electron chi connectivity index (χ3n) is 9.30.